The average Bonchev–Trinajstić information content (AvgIpc) is 2.94. The summed E-state index contributed by atoms with van der Waals surface area (Å²) in [6.07, 6.45) is -3.89. The lowest BCUT2D eigenvalue weighted by molar-refractivity contribution is -0.286. The van der Waals surface area contributed by atoms with E-state index in [-0.39, 0.29) is 27.3 Å². The molecule has 2 heterocycles. The molecule has 0 atom stereocenters. The number of alkyl halides is 2. The van der Waals surface area contributed by atoms with Crippen molar-refractivity contribution in [1.29, 1.82) is 0 Å². The van der Waals surface area contributed by atoms with Crippen LogP contribution in [0.3, 0.4) is 0 Å². The number of halogens is 2. The van der Waals surface area contributed by atoms with E-state index >= 15 is 0 Å². The second-order valence-corrected chi connectivity index (χ2v) is 6.53. The zero-order chi connectivity index (χ0) is 17.9. The molecule has 130 valence electrons. The van der Waals surface area contributed by atoms with Crippen LogP contribution in [0.1, 0.15) is 5.76 Å². The van der Waals surface area contributed by atoms with Gasteiger partial charge < -0.3 is 25.5 Å². The van der Waals surface area contributed by atoms with Gasteiger partial charge >= 0.3 is 6.29 Å². The number of hydrogen-bond acceptors (Lipinski definition) is 9. The number of aryl methyl sites for hydroxylation is 1. The van der Waals surface area contributed by atoms with Gasteiger partial charge in [0.1, 0.15) is 0 Å². The molecule has 0 amide bonds. The summed E-state index contributed by atoms with van der Waals surface area (Å²) in [7, 11) is -4.41. The summed E-state index contributed by atoms with van der Waals surface area (Å²) >= 11 is 0. The Bertz CT molecular complexity index is 910. The molecule has 1 aromatic heterocycles. The second-order valence-electron chi connectivity index (χ2n) is 4.78. The first-order chi connectivity index (χ1) is 11.0. The van der Waals surface area contributed by atoms with Crippen LogP contribution in [0, 0.1) is 6.92 Å². The number of nitrogens with two attached hydrogens (primary N) is 3. The van der Waals surface area contributed by atoms with Crippen molar-refractivity contribution in [3.05, 3.63) is 17.9 Å². The first-order valence-electron chi connectivity index (χ1n) is 6.24. The molecule has 0 saturated carbocycles. The highest BCUT2D eigenvalue weighted by Crippen LogP contribution is 2.46. The highest BCUT2D eigenvalue weighted by molar-refractivity contribution is 7.93. The quantitative estimate of drug-likeness (QED) is 0.401. The maximum absolute atomic E-state index is 13.1. The lowest BCUT2D eigenvalue weighted by Crippen LogP contribution is -2.38. The molecule has 13 heteroatoms. The van der Waals surface area contributed by atoms with Crippen LogP contribution in [-0.2, 0) is 10.0 Å². The molecule has 0 unspecified atom stereocenters. The summed E-state index contributed by atoms with van der Waals surface area (Å²) in [4.78, 5) is -0.465. The van der Waals surface area contributed by atoms with E-state index in [1.54, 1.807) is 0 Å². The Morgan fingerprint density at radius 1 is 1.21 bits per heavy atom. The summed E-state index contributed by atoms with van der Waals surface area (Å²) in [6, 6.07) is 1.87. The topological polar surface area (TPSA) is 160 Å². The highest BCUT2D eigenvalue weighted by atomic mass is 32.2. The Morgan fingerprint density at radius 2 is 1.79 bits per heavy atom. The Hall–Kier alpha value is -2.80. The van der Waals surface area contributed by atoms with Crippen molar-refractivity contribution in [1.82, 2.24) is 5.16 Å². The summed E-state index contributed by atoms with van der Waals surface area (Å²) in [6.45, 7) is 1.31. The number of ether oxygens (including phenoxy) is 2. The zero-order valence-electron chi connectivity index (χ0n) is 12.0. The number of fused-ring (bicyclic) bond motifs is 1. The van der Waals surface area contributed by atoms with Gasteiger partial charge in [-0.3, -0.25) is 0 Å². The lowest BCUT2D eigenvalue weighted by Gasteiger charge is -2.20. The molecule has 6 N–H and O–H groups in total. The van der Waals surface area contributed by atoms with E-state index in [4.69, 9.17) is 17.3 Å². The first kappa shape index (κ1) is 16.1. The number of aromatic nitrogens is 1. The molecule has 1 aliphatic rings. The van der Waals surface area contributed by atoms with Gasteiger partial charge in [0.15, 0.2) is 28.0 Å². The number of rotatable bonds is 3. The minimum Gasteiger partial charge on any atom is -0.397 e. The summed E-state index contributed by atoms with van der Waals surface area (Å²) in [5.74, 6) is 4.33. The molecular weight excluding hydrogens is 352 g/mol. The van der Waals surface area contributed by atoms with Gasteiger partial charge in [-0.05, 0) is 6.92 Å². The molecule has 3 rings (SSSR count). The van der Waals surface area contributed by atoms with E-state index < -0.39 is 32.8 Å². The van der Waals surface area contributed by atoms with Gasteiger partial charge in [-0.25, -0.2) is 5.84 Å². The summed E-state index contributed by atoms with van der Waals surface area (Å²) in [5, 5.41) is 3.32. The van der Waals surface area contributed by atoms with Crippen molar-refractivity contribution in [3.8, 4) is 11.5 Å². The normalized spacial score (nSPS) is 15.5. The molecule has 0 fully saturated rings. The number of nitrogens with zero attached hydrogens (tertiary/aromatic N) is 2. The summed E-state index contributed by atoms with van der Waals surface area (Å²) in [5.41, 5.74) is 10.6. The summed E-state index contributed by atoms with van der Waals surface area (Å²) < 4.78 is 64.7. The van der Waals surface area contributed by atoms with Crippen molar-refractivity contribution < 1.29 is 31.2 Å². The third-order valence-corrected chi connectivity index (χ3v) is 4.87. The van der Waals surface area contributed by atoms with Crippen molar-refractivity contribution in [3.63, 3.8) is 0 Å². The third kappa shape index (κ3) is 2.33. The standard InChI is InChI=1S/C11H11F2N5O5S/c1-4-9(10(15)17-23-4)24(19,20)18(16)6-3-8-7(2-5(6)14)21-11(12,13)22-8/h2-3H,14,16H2,1H3,(H2,15,17). The zero-order valence-corrected chi connectivity index (χ0v) is 12.8. The fraction of sp³-hybridized carbons (Fsp3) is 0.182. The molecule has 1 aromatic carbocycles. The van der Waals surface area contributed by atoms with Gasteiger partial charge in [0.2, 0.25) is 0 Å². The van der Waals surface area contributed by atoms with E-state index in [9.17, 15) is 17.2 Å². The number of hydrazine groups is 1. The fourth-order valence-electron chi connectivity index (χ4n) is 2.11. The van der Waals surface area contributed by atoms with Crippen molar-refractivity contribution in [2.45, 2.75) is 18.1 Å². The molecule has 0 bridgehead atoms. The number of hydrogen-bond donors (Lipinski definition) is 3. The first-order valence-corrected chi connectivity index (χ1v) is 7.68. The van der Waals surface area contributed by atoms with Gasteiger partial charge in [0.25, 0.3) is 10.0 Å². The molecule has 0 saturated heterocycles. The Labute approximate surface area is 133 Å². The third-order valence-electron chi connectivity index (χ3n) is 3.14. The van der Waals surface area contributed by atoms with Crippen molar-refractivity contribution >= 4 is 27.2 Å². The minimum atomic E-state index is -4.41. The van der Waals surface area contributed by atoms with Crippen LogP contribution in [0.2, 0.25) is 0 Å². The number of benzene rings is 1. The van der Waals surface area contributed by atoms with Crippen molar-refractivity contribution in [2.75, 3.05) is 15.9 Å². The van der Waals surface area contributed by atoms with Crippen LogP contribution in [0.15, 0.2) is 21.6 Å². The number of anilines is 3. The molecule has 0 aliphatic carbocycles. The van der Waals surface area contributed by atoms with Crippen LogP contribution in [-0.4, -0.2) is 19.9 Å². The lowest BCUT2D eigenvalue weighted by atomic mass is 10.2. The van der Waals surface area contributed by atoms with Gasteiger partial charge in [-0.2, -0.15) is 12.8 Å². The van der Waals surface area contributed by atoms with E-state index in [0.717, 1.165) is 12.1 Å². The largest absolute Gasteiger partial charge is 0.586 e. The molecule has 1 aliphatic heterocycles. The van der Waals surface area contributed by atoms with Crippen molar-refractivity contribution in [2.24, 2.45) is 5.84 Å². The Balaban J connectivity index is 2.07. The molecule has 2 aromatic rings. The van der Waals surface area contributed by atoms with E-state index in [0.29, 0.717) is 0 Å². The highest BCUT2D eigenvalue weighted by Gasteiger charge is 2.44. The van der Waals surface area contributed by atoms with Gasteiger partial charge in [0, 0.05) is 12.1 Å². The molecule has 10 nitrogen and oxygen atoms in total. The minimum absolute atomic E-state index is 0.103. The molecule has 24 heavy (non-hydrogen) atoms. The van der Waals surface area contributed by atoms with Crippen LogP contribution in [0.25, 0.3) is 0 Å². The van der Waals surface area contributed by atoms with E-state index in [1.165, 1.54) is 6.92 Å². The average molecular weight is 363 g/mol. The van der Waals surface area contributed by atoms with Crippen LogP contribution >= 0.6 is 0 Å². The van der Waals surface area contributed by atoms with Gasteiger partial charge in [0.05, 0.1) is 11.4 Å². The Kier molecular flexibility index (Phi) is 3.25. The SMILES string of the molecule is Cc1onc(N)c1S(=O)(=O)N(N)c1cc2c(cc1N)OC(F)(F)O2. The molecule has 0 radical (unpaired) electrons. The van der Waals surface area contributed by atoms with Gasteiger partial charge in [-0.1, -0.05) is 5.16 Å². The predicted molar refractivity (Wildman–Crippen MR) is 76.6 cm³/mol. The predicted octanol–water partition coefficient (Wildman–Crippen LogP) is 0.538. The molecular formula is C11H11F2N5O5S. The fourth-order valence-corrected chi connectivity index (χ4v) is 3.43. The smallest absolute Gasteiger partial charge is 0.397 e. The molecule has 0 spiro atoms. The monoisotopic (exact) mass is 363 g/mol. The van der Waals surface area contributed by atoms with E-state index in [2.05, 4.69) is 19.2 Å². The number of nitrogen functional groups attached to an aromatic ring is 2. The maximum Gasteiger partial charge on any atom is 0.586 e. The van der Waals surface area contributed by atoms with Crippen LogP contribution in [0.4, 0.5) is 26.0 Å². The van der Waals surface area contributed by atoms with E-state index in [1.807, 2.05) is 0 Å². The Morgan fingerprint density at radius 3 is 2.33 bits per heavy atom. The number of sulfonamides is 1. The maximum atomic E-state index is 13.1. The van der Waals surface area contributed by atoms with Crippen LogP contribution < -0.4 is 31.2 Å². The van der Waals surface area contributed by atoms with Gasteiger partial charge in [-0.15, -0.1) is 8.78 Å². The van der Waals surface area contributed by atoms with Crippen LogP contribution in [0.5, 0.6) is 11.5 Å². The second kappa shape index (κ2) is 4.85.